The van der Waals surface area contributed by atoms with Crippen LogP contribution in [0.3, 0.4) is 0 Å². The molecule has 84 valence electrons. The maximum Gasteiger partial charge on any atom is 0.0918 e. The minimum absolute atomic E-state index is 0.227. The van der Waals surface area contributed by atoms with Gasteiger partial charge in [0.05, 0.1) is 19.0 Å². The molecule has 0 aromatic carbocycles. The van der Waals surface area contributed by atoms with Crippen LogP contribution < -0.4 is 5.73 Å². The van der Waals surface area contributed by atoms with Crippen LogP contribution in [0.4, 0.5) is 0 Å². The molecule has 3 N–H and O–H groups in total. The van der Waals surface area contributed by atoms with Crippen molar-refractivity contribution < 1.29 is 9.47 Å². The van der Waals surface area contributed by atoms with Crippen molar-refractivity contribution in [2.45, 2.75) is 6.42 Å². The van der Waals surface area contributed by atoms with E-state index in [1.54, 1.807) is 14.2 Å². The van der Waals surface area contributed by atoms with Crippen molar-refractivity contribution in [3.63, 3.8) is 0 Å². The van der Waals surface area contributed by atoms with Gasteiger partial charge in [0.15, 0.2) is 0 Å². The number of nitrogens with two attached hydrogens (primary N) is 1. The van der Waals surface area contributed by atoms with E-state index in [0.29, 0.717) is 19.6 Å². The second-order valence-corrected chi connectivity index (χ2v) is 3.10. The van der Waals surface area contributed by atoms with Crippen molar-refractivity contribution >= 4 is 5.84 Å². The highest BCUT2D eigenvalue weighted by atomic mass is 16.5. The van der Waals surface area contributed by atoms with E-state index < -0.39 is 0 Å². The first-order valence-corrected chi connectivity index (χ1v) is 4.73. The van der Waals surface area contributed by atoms with Gasteiger partial charge in [0.1, 0.15) is 0 Å². The summed E-state index contributed by atoms with van der Waals surface area (Å²) in [6.45, 7) is 3.89. The minimum atomic E-state index is 0.227. The van der Waals surface area contributed by atoms with Gasteiger partial charge in [-0.15, -0.1) is 0 Å². The average Bonchev–Trinajstić information content (AvgIpc) is 2.16. The Bertz CT molecular complexity index is 145. The van der Waals surface area contributed by atoms with Crippen molar-refractivity contribution in [2.24, 2.45) is 5.73 Å². The molecule has 0 radical (unpaired) electrons. The highest BCUT2D eigenvalue weighted by Crippen LogP contribution is 1.92. The topological polar surface area (TPSA) is 71.6 Å². The van der Waals surface area contributed by atoms with Crippen LogP contribution in [0.5, 0.6) is 0 Å². The Kier molecular flexibility index (Phi) is 8.51. The number of hydrogen-bond donors (Lipinski definition) is 2. The van der Waals surface area contributed by atoms with Gasteiger partial charge in [0.25, 0.3) is 0 Å². The summed E-state index contributed by atoms with van der Waals surface area (Å²) in [6, 6.07) is 0. The van der Waals surface area contributed by atoms with Crippen molar-refractivity contribution in [1.82, 2.24) is 4.90 Å². The van der Waals surface area contributed by atoms with Crippen LogP contribution in [-0.2, 0) is 9.47 Å². The molecule has 0 fully saturated rings. The monoisotopic (exact) mass is 203 g/mol. The molecule has 0 spiro atoms. The summed E-state index contributed by atoms with van der Waals surface area (Å²) in [5, 5.41) is 7.13. The lowest BCUT2D eigenvalue weighted by Gasteiger charge is -2.20. The van der Waals surface area contributed by atoms with E-state index in [4.69, 9.17) is 20.6 Å². The molecule has 0 heterocycles. The highest BCUT2D eigenvalue weighted by molar-refractivity contribution is 5.76. The second kappa shape index (κ2) is 8.93. The predicted molar refractivity (Wildman–Crippen MR) is 56.7 cm³/mol. The summed E-state index contributed by atoms with van der Waals surface area (Å²) in [4.78, 5) is 2.17. The number of amidine groups is 1. The van der Waals surface area contributed by atoms with Crippen molar-refractivity contribution in [2.75, 3.05) is 47.1 Å². The molecule has 0 atom stereocenters. The fourth-order valence-corrected chi connectivity index (χ4v) is 1.05. The summed E-state index contributed by atoms with van der Waals surface area (Å²) >= 11 is 0. The molecule has 5 heteroatoms. The Labute approximate surface area is 85.7 Å². The number of rotatable bonds is 9. The van der Waals surface area contributed by atoms with Crippen molar-refractivity contribution in [1.29, 1.82) is 5.41 Å². The van der Waals surface area contributed by atoms with Crippen LogP contribution in [-0.4, -0.2) is 57.8 Å². The van der Waals surface area contributed by atoms with E-state index in [2.05, 4.69) is 4.90 Å². The Hall–Kier alpha value is -0.650. The number of nitrogens with zero attached hydrogens (tertiary/aromatic N) is 1. The average molecular weight is 203 g/mol. The van der Waals surface area contributed by atoms with Gasteiger partial charge in [0, 0.05) is 40.3 Å². The Morgan fingerprint density at radius 3 is 2.00 bits per heavy atom. The first kappa shape index (κ1) is 13.4. The van der Waals surface area contributed by atoms with Gasteiger partial charge in [-0.1, -0.05) is 0 Å². The van der Waals surface area contributed by atoms with Crippen LogP contribution >= 0.6 is 0 Å². The van der Waals surface area contributed by atoms with Crippen molar-refractivity contribution in [3.8, 4) is 0 Å². The minimum Gasteiger partial charge on any atom is -0.388 e. The lowest BCUT2D eigenvalue weighted by Crippen LogP contribution is -2.33. The molecule has 0 aliphatic heterocycles. The van der Waals surface area contributed by atoms with Gasteiger partial charge in [-0.25, -0.2) is 0 Å². The van der Waals surface area contributed by atoms with Crippen LogP contribution in [0.1, 0.15) is 6.42 Å². The zero-order valence-corrected chi connectivity index (χ0v) is 9.08. The molecular weight excluding hydrogens is 182 g/mol. The lowest BCUT2D eigenvalue weighted by atomic mass is 10.3. The first-order chi connectivity index (χ1) is 6.70. The summed E-state index contributed by atoms with van der Waals surface area (Å²) in [7, 11) is 3.36. The smallest absolute Gasteiger partial charge is 0.0918 e. The van der Waals surface area contributed by atoms with E-state index in [0.717, 1.165) is 19.6 Å². The Morgan fingerprint density at radius 2 is 1.64 bits per heavy atom. The molecule has 5 nitrogen and oxygen atoms in total. The molecular formula is C9H21N3O2. The van der Waals surface area contributed by atoms with E-state index in [-0.39, 0.29) is 5.84 Å². The van der Waals surface area contributed by atoms with Gasteiger partial charge >= 0.3 is 0 Å². The Balaban J connectivity index is 3.65. The molecule has 0 amide bonds. The molecule has 0 bridgehead atoms. The zero-order chi connectivity index (χ0) is 10.8. The van der Waals surface area contributed by atoms with E-state index in [1.165, 1.54) is 0 Å². The summed E-state index contributed by atoms with van der Waals surface area (Å²) in [5.41, 5.74) is 5.29. The molecule has 0 saturated heterocycles. The third-order valence-electron chi connectivity index (χ3n) is 1.92. The van der Waals surface area contributed by atoms with E-state index >= 15 is 0 Å². The highest BCUT2D eigenvalue weighted by Gasteiger charge is 2.04. The molecule has 0 saturated carbocycles. The maximum absolute atomic E-state index is 7.13. The molecule has 14 heavy (non-hydrogen) atoms. The van der Waals surface area contributed by atoms with Gasteiger partial charge in [0.2, 0.25) is 0 Å². The van der Waals surface area contributed by atoms with Crippen LogP contribution in [0.15, 0.2) is 0 Å². The lowest BCUT2D eigenvalue weighted by molar-refractivity contribution is 0.116. The Morgan fingerprint density at radius 1 is 1.14 bits per heavy atom. The molecule has 0 aliphatic carbocycles. The molecule has 0 unspecified atom stereocenters. The van der Waals surface area contributed by atoms with Gasteiger partial charge in [-0.2, -0.15) is 0 Å². The van der Waals surface area contributed by atoms with E-state index in [1.807, 2.05) is 0 Å². The quantitative estimate of drug-likeness (QED) is 0.406. The van der Waals surface area contributed by atoms with Crippen LogP contribution in [0, 0.1) is 5.41 Å². The van der Waals surface area contributed by atoms with Crippen LogP contribution in [0.2, 0.25) is 0 Å². The first-order valence-electron chi connectivity index (χ1n) is 4.73. The number of ether oxygens (including phenoxy) is 2. The third-order valence-corrected chi connectivity index (χ3v) is 1.92. The SMILES string of the molecule is COCCN(CCOC)CCC(=N)N. The number of methoxy groups -OCH3 is 2. The molecule has 0 aromatic heterocycles. The maximum atomic E-state index is 7.13. The van der Waals surface area contributed by atoms with Gasteiger partial charge < -0.3 is 15.2 Å². The largest absolute Gasteiger partial charge is 0.388 e. The summed E-state index contributed by atoms with van der Waals surface area (Å²) in [5.74, 6) is 0.227. The predicted octanol–water partition coefficient (Wildman–Crippen LogP) is -0.0927. The zero-order valence-electron chi connectivity index (χ0n) is 9.08. The molecule has 0 aromatic rings. The fraction of sp³-hybridized carbons (Fsp3) is 0.889. The molecule has 0 aliphatic rings. The summed E-state index contributed by atoms with van der Waals surface area (Å²) in [6.07, 6.45) is 0.605. The molecule has 0 rings (SSSR count). The van der Waals surface area contributed by atoms with Crippen molar-refractivity contribution in [3.05, 3.63) is 0 Å². The van der Waals surface area contributed by atoms with Gasteiger partial charge in [-0.05, 0) is 0 Å². The summed E-state index contributed by atoms with van der Waals surface area (Å²) < 4.78 is 9.98. The number of hydrogen-bond acceptors (Lipinski definition) is 4. The second-order valence-electron chi connectivity index (χ2n) is 3.10. The fourth-order valence-electron chi connectivity index (χ4n) is 1.05. The van der Waals surface area contributed by atoms with Crippen LogP contribution in [0.25, 0.3) is 0 Å². The third kappa shape index (κ3) is 7.97. The van der Waals surface area contributed by atoms with Gasteiger partial charge in [-0.3, -0.25) is 10.3 Å². The number of nitrogens with one attached hydrogen (secondary N) is 1. The standard InChI is InChI=1S/C9H21N3O2/c1-13-7-5-12(6-8-14-2)4-3-9(10)11/h3-8H2,1-2H3,(H3,10,11). The normalized spacial score (nSPS) is 10.8. The van der Waals surface area contributed by atoms with E-state index in [9.17, 15) is 0 Å².